The molecule has 19 heavy (non-hydrogen) atoms. The van der Waals surface area contributed by atoms with Crippen LogP contribution in [-0.2, 0) is 6.18 Å². The van der Waals surface area contributed by atoms with E-state index in [1.165, 1.54) is 12.1 Å². The zero-order valence-corrected chi connectivity index (χ0v) is 15.8. The van der Waals surface area contributed by atoms with Crippen LogP contribution in [0.15, 0.2) is 16.6 Å². The fraction of sp³-hybridized carbons (Fsp3) is 0.538. The minimum Gasteiger partial charge on any atom is -0.166 e. The summed E-state index contributed by atoms with van der Waals surface area (Å²) in [7, 11) is -3.65. The highest BCUT2D eigenvalue weighted by Gasteiger charge is 2.35. The first-order valence-electron chi connectivity index (χ1n) is 6.16. The Bertz CT molecular complexity index is 447. The molecule has 0 fully saturated rings. The minimum atomic E-state index is -4.27. The molecule has 0 aromatic heterocycles. The molecular formula is C13H20BrF3Si2. The fourth-order valence-electron chi connectivity index (χ4n) is 1.88. The molecule has 0 unspecified atom stereocenters. The van der Waals surface area contributed by atoms with Crippen LogP contribution in [0.4, 0.5) is 13.2 Å². The molecule has 6 heteroatoms. The third kappa shape index (κ3) is 3.95. The van der Waals surface area contributed by atoms with Crippen molar-refractivity contribution in [2.45, 2.75) is 45.5 Å². The van der Waals surface area contributed by atoms with Gasteiger partial charge in [0.1, 0.15) is 0 Å². The van der Waals surface area contributed by atoms with Crippen LogP contribution in [0.5, 0.6) is 0 Å². The molecule has 108 valence electrons. The van der Waals surface area contributed by atoms with Gasteiger partial charge in [-0.3, -0.25) is 0 Å². The summed E-state index contributed by atoms with van der Waals surface area (Å²) in [5, 5.41) is 1.72. The molecule has 0 saturated heterocycles. The van der Waals surface area contributed by atoms with Crippen LogP contribution in [-0.4, -0.2) is 16.1 Å². The van der Waals surface area contributed by atoms with E-state index in [1.54, 1.807) is 0 Å². The zero-order valence-electron chi connectivity index (χ0n) is 12.2. The van der Waals surface area contributed by atoms with Crippen molar-refractivity contribution >= 4 is 42.5 Å². The fourth-order valence-corrected chi connectivity index (χ4v) is 8.57. The van der Waals surface area contributed by atoms with Crippen LogP contribution in [0.3, 0.4) is 0 Å². The molecule has 0 aliphatic carbocycles. The Labute approximate surface area is 123 Å². The number of hydrogen-bond acceptors (Lipinski definition) is 0. The third-order valence-electron chi connectivity index (χ3n) is 3.02. The van der Waals surface area contributed by atoms with E-state index in [0.29, 0.717) is 0 Å². The van der Waals surface area contributed by atoms with Gasteiger partial charge in [0.05, 0.1) is 21.7 Å². The van der Waals surface area contributed by atoms with Crippen LogP contribution in [0.2, 0.25) is 39.3 Å². The number of hydrogen-bond donors (Lipinski definition) is 0. The molecule has 0 N–H and O–H groups in total. The molecule has 1 aromatic carbocycles. The number of benzene rings is 1. The van der Waals surface area contributed by atoms with E-state index in [2.05, 4.69) is 55.2 Å². The summed E-state index contributed by atoms with van der Waals surface area (Å²) >= 11 is 3.56. The van der Waals surface area contributed by atoms with Crippen molar-refractivity contribution in [3.63, 3.8) is 0 Å². The molecule has 0 aliphatic heterocycles. The van der Waals surface area contributed by atoms with Crippen LogP contribution >= 0.6 is 15.9 Å². The highest BCUT2D eigenvalue weighted by Crippen LogP contribution is 2.30. The van der Waals surface area contributed by atoms with Gasteiger partial charge in [0.25, 0.3) is 0 Å². The SMILES string of the molecule is C[Si](C)(C)c1cc(C(F)(F)F)cc([Si](C)(C)C)c1Br. The lowest BCUT2D eigenvalue weighted by molar-refractivity contribution is -0.137. The Kier molecular flexibility index (Phi) is 4.50. The van der Waals surface area contributed by atoms with E-state index in [4.69, 9.17) is 0 Å². The van der Waals surface area contributed by atoms with Crippen molar-refractivity contribution < 1.29 is 13.2 Å². The molecule has 0 spiro atoms. The summed E-state index contributed by atoms with van der Waals surface area (Å²) in [4.78, 5) is 0. The van der Waals surface area contributed by atoms with E-state index in [0.717, 1.165) is 14.8 Å². The van der Waals surface area contributed by atoms with Crippen molar-refractivity contribution in [3.05, 3.63) is 22.2 Å². The van der Waals surface area contributed by atoms with Gasteiger partial charge in [-0.15, -0.1) is 0 Å². The van der Waals surface area contributed by atoms with E-state index >= 15 is 0 Å². The quantitative estimate of drug-likeness (QED) is 0.671. The van der Waals surface area contributed by atoms with Crippen molar-refractivity contribution in [3.8, 4) is 0 Å². The maximum Gasteiger partial charge on any atom is 0.416 e. The molecule has 0 atom stereocenters. The van der Waals surface area contributed by atoms with Gasteiger partial charge in [0.2, 0.25) is 0 Å². The second-order valence-electron chi connectivity index (χ2n) is 6.88. The summed E-state index contributed by atoms with van der Waals surface area (Å²) in [6.07, 6.45) is -4.27. The van der Waals surface area contributed by atoms with Gasteiger partial charge in [0, 0.05) is 4.47 Å². The summed E-state index contributed by atoms with van der Waals surface area (Å²) in [6.45, 7) is 12.4. The Balaban J connectivity index is 3.68. The molecule has 0 bridgehead atoms. The van der Waals surface area contributed by atoms with E-state index in [9.17, 15) is 13.2 Å². The maximum absolute atomic E-state index is 13.1. The van der Waals surface area contributed by atoms with E-state index in [-0.39, 0.29) is 0 Å². The standard InChI is InChI=1S/C13H20BrF3Si2/c1-18(2,3)10-7-9(13(15,16)17)8-11(12(10)14)19(4,5)6/h7-8H,1-6H3. The summed E-state index contributed by atoms with van der Waals surface area (Å²) in [6, 6.07) is 2.67. The highest BCUT2D eigenvalue weighted by molar-refractivity contribution is 9.10. The lowest BCUT2D eigenvalue weighted by Gasteiger charge is -2.27. The second kappa shape index (κ2) is 5.04. The molecule has 0 heterocycles. The van der Waals surface area contributed by atoms with Gasteiger partial charge in [-0.1, -0.05) is 55.2 Å². The first-order valence-corrected chi connectivity index (χ1v) is 14.0. The molecule has 1 aromatic rings. The molecule has 0 nitrogen and oxygen atoms in total. The Morgan fingerprint density at radius 1 is 0.842 bits per heavy atom. The number of alkyl halides is 3. The highest BCUT2D eigenvalue weighted by atomic mass is 79.9. The average Bonchev–Trinajstić information content (AvgIpc) is 2.11. The van der Waals surface area contributed by atoms with Crippen molar-refractivity contribution in [1.29, 1.82) is 0 Å². The van der Waals surface area contributed by atoms with Gasteiger partial charge < -0.3 is 0 Å². The molecule has 0 aliphatic rings. The Hall–Kier alpha value is -0.0762. The summed E-state index contributed by atoms with van der Waals surface area (Å²) in [5.74, 6) is 0. The smallest absolute Gasteiger partial charge is 0.166 e. The van der Waals surface area contributed by atoms with Gasteiger partial charge in [0.15, 0.2) is 0 Å². The third-order valence-corrected chi connectivity index (χ3v) is 8.62. The van der Waals surface area contributed by atoms with Gasteiger partial charge in [-0.05, 0) is 22.5 Å². The predicted octanol–water partition coefficient (Wildman–Crippen LogP) is 4.56. The van der Waals surface area contributed by atoms with Gasteiger partial charge >= 0.3 is 6.18 Å². The first-order chi connectivity index (χ1) is 8.24. The molecule has 0 amide bonds. The lowest BCUT2D eigenvalue weighted by Crippen LogP contribution is -2.47. The number of rotatable bonds is 2. The Morgan fingerprint density at radius 2 is 1.16 bits per heavy atom. The predicted molar refractivity (Wildman–Crippen MR) is 85.1 cm³/mol. The van der Waals surface area contributed by atoms with E-state index in [1.807, 2.05) is 0 Å². The molecule has 1 rings (SSSR count). The topological polar surface area (TPSA) is 0 Å². The molecule has 0 radical (unpaired) electrons. The van der Waals surface area contributed by atoms with E-state index < -0.39 is 27.9 Å². The monoisotopic (exact) mass is 368 g/mol. The minimum absolute atomic E-state index is 0.509. The Morgan fingerprint density at radius 3 is 1.37 bits per heavy atom. The zero-order chi connectivity index (χ0) is 15.2. The van der Waals surface area contributed by atoms with Crippen LogP contribution in [0.1, 0.15) is 5.56 Å². The maximum atomic E-state index is 13.1. The summed E-state index contributed by atoms with van der Waals surface area (Å²) in [5.41, 5.74) is -0.509. The lowest BCUT2D eigenvalue weighted by atomic mass is 10.2. The van der Waals surface area contributed by atoms with Crippen LogP contribution < -0.4 is 10.4 Å². The van der Waals surface area contributed by atoms with Gasteiger partial charge in [-0.2, -0.15) is 13.2 Å². The normalized spacial score (nSPS) is 13.8. The number of halogens is 4. The van der Waals surface area contributed by atoms with Crippen molar-refractivity contribution in [1.82, 2.24) is 0 Å². The molecule has 0 saturated carbocycles. The van der Waals surface area contributed by atoms with Gasteiger partial charge in [-0.25, -0.2) is 0 Å². The summed E-state index contributed by atoms with van der Waals surface area (Å²) < 4.78 is 40.1. The average molecular weight is 369 g/mol. The van der Waals surface area contributed by atoms with Crippen molar-refractivity contribution in [2.75, 3.05) is 0 Å². The van der Waals surface area contributed by atoms with Crippen molar-refractivity contribution in [2.24, 2.45) is 0 Å². The van der Waals surface area contributed by atoms with Crippen LogP contribution in [0.25, 0.3) is 0 Å². The second-order valence-corrected chi connectivity index (χ2v) is 17.8. The largest absolute Gasteiger partial charge is 0.416 e. The van der Waals surface area contributed by atoms with Crippen LogP contribution in [0, 0.1) is 0 Å². The molecular weight excluding hydrogens is 349 g/mol. The first kappa shape index (κ1) is 17.0.